The van der Waals surface area contributed by atoms with E-state index in [1.807, 2.05) is 0 Å². The number of carbonyl (C=O) groups is 2. The second-order valence-corrected chi connectivity index (χ2v) is 6.94. The highest BCUT2D eigenvalue weighted by Crippen LogP contribution is 2.18. The fourth-order valence-corrected chi connectivity index (χ4v) is 2.47. The van der Waals surface area contributed by atoms with Gasteiger partial charge in [-0.1, -0.05) is 13.0 Å². The summed E-state index contributed by atoms with van der Waals surface area (Å²) in [6, 6.07) is 5.86. The van der Waals surface area contributed by atoms with Crippen LogP contribution in [0.4, 0.5) is 5.69 Å². The molecule has 1 atom stereocenters. The molecule has 0 heterocycles. The molecule has 122 valence electrons. The summed E-state index contributed by atoms with van der Waals surface area (Å²) in [6.45, 7) is 3.08. The number of nitrogens with one attached hydrogen (secondary N) is 1. The number of rotatable bonds is 6. The molecule has 1 N–H and O–H groups in total. The Labute approximate surface area is 130 Å². The highest BCUT2D eigenvalue weighted by atomic mass is 32.2. The molecule has 0 aliphatic heterocycles. The molecule has 0 fully saturated rings. The first-order valence-electron chi connectivity index (χ1n) is 6.71. The van der Waals surface area contributed by atoms with E-state index in [0.29, 0.717) is 5.69 Å². The Bertz CT molecular complexity index is 655. The molecule has 1 aromatic carbocycles. The second-order valence-electron chi connectivity index (χ2n) is 4.79. The molecule has 0 aromatic heterocycles. The molecular weight excluding hydrogens is 308 g/mol. The van der Waals surface area contributed by atoms with Crippen molar-refractivity contribution in [1.29, 1.82) is 0 Å². The van der Waals surface area contributed by atoms with E-state index in [2.05, 4.69) is 5.32 Å². The van der Waals surface area contributed by atoms with Gasteiger partial charge in [-0.05, 0) is 25.1 Å². The third kappa shape index (κ3) is 4.54. The van der Waals surface area contributed by atoms with E-state index in [4.69, 9.17) is 4.74 Å². The van der Waals surface area contributed by atoms with Crippen LogP contribution in [0, 0.1) is 0 Å². The zero-order chi connectivity index (χ0) is 16.9. The van der Waals surface area contributed by atoms with Crippen molar-refractivity contribution in [2.75, 3.05) is 19.4 Å². The van der Waals surface area contributed by atoms with Gasteiger partial charge in [-0.25, -0.2) is 12.7 Å². The zero-order valence-electron chi connectivity index (χ0n) is 13.0. The minimum atomic E-state index is -3.58. The fraction of sp³-hybridized carbons (Fsp3) is 0.429. The monoisotopic (exact) mass is 328 g/mol. The van der Waals surface area contributed by atoms with E-state index < -0.39 is 28.0 Å². The molecule has 1 rings (SSSR count). The first kappa shape index (κ1) is 18.1. The van der Waals surface area contributed by atoms with Gasteiger partial charge in [-0.3, -0.25) is 9.59 Å². The molecule has 0 saturated heterocycles. The lowest BCUT2D eigenvalue weighted by Gasteiger charge is -2.15. The normalized spacial score (nSPS) is 12.8. The molecule has 0 aliphatic carbocycles. The third-order valence-corrected chi connectivity index (χ3v) is 4.66. The van der Waals surface area contributed by atoms with Crippen LogP contribution in [-0.4, -0.2) is 44.8 Å². The first-order chi connectivity index (χ1) is 10.2. The Balaban J connectivity index is 2.88. The van der Waals surface area contributed by atoms with Crippen LogP contribution in [0.2, 0.25) is 0 Å². The number of ether oxygens (including phenoxy) is 1. The van der Waals surface area contributed by atoms with Crippen molar-refractivity contribution in [3.05, 3.63) is 24.3 Å². The lowest BCUT2D eigenvalue weighted by atomic mass is 10.3. The van der Waals surface area contributed by atoms with Crippen molar-refractivity contribution in [3.63, 3.8) is 0 Å². The average molecular weight is 328 g/mol. The average Bonchev–Trinajstić information content (AvgIpc) is 2.46. The van der Waals surface area contributed by atoms with E-state index in [9.17, 15) is 18.0 Å². The summed E-state index contributed by atoms with van der Waals surface area (Å²) in [5.74, 6) is -1.01. The van der Waals surface area contributed by atoms with E-state index in [1.54, 1.807) is 13.0 Å². The quantitative estimate of drug-likeness (QED) is 0.793. The van der Waals surface area contributed by atoms with Gasteiger partial charge in [0, 0.05) is 26.2 Å². The van der Waals surface area contributed by atoms with Gasteiger partial charge in [-0.2, -0.15) is 0 Å². The second kappa shape index (κ2) is 7.37. The van der Waals surface area contributed by atoms with Crippen LogP contribution in [0.25, 0.3) is 0 Å². The van der Waals surface area contributed by atoms with Gasteiger partial charge >= 0.3 is 5.97 Å². The molecule has 0 saturated carbocycles. The lowest BCUT2D eigenvalue weighted by molar-refractivity contribution is -0.152. The highest BCUT2D eigenvalue weighted by Gasteiger charge is 2.20. The van der Waals surface area contributed by atoms with Crippen LogP contribution in [-0.2, 0) is 24.3 Å². The summed E-state index contributed by atoms with van der Waals surface area (Å²) in [7, 11) is -0.735. The number of anilines is 1. The molecule has 1 amide bonds. The molecule has 0 aliphatic rings. The van der Waals surface area contributed by atoms with Crippen molar-refractivity contribution in [2.45, 2.75) is 31.3 Å². The van der Waals surface area contributed by atoms with E-state index in [-0.39, 0.29) is 11.3 Å². The number of amides is 1. The molecule has 22 heavy (non-hydrogen) atoms. The van der Waals surface area contributed by atoms with Crippen molar-refractivity contribution in [1.82, 2.24) is 4.31 Å². The van der Waals surface area contributed by atoms with E-state index >= 15 is 0 Å². The number of hydrogen-bond donors (Lipinski definition) is 1. The maximum absolute atomic E-state index is 12.0. The molecule has 0 unspecified atom stereocenters. The SMILES string of the molecule is CCC(=O)O[C@@H](C)C(=O)Nc1cccc(S(=O)(=O)N(C)C)c1. The van der Waals surface area contributed by atoms with Crippen molar-refractivity contribution >= 4 is 27.6 Å². The summed E-state index contributed by atoms with van der Waals surface area (Å²) >= 11 is 0. The van der Waals surface area contributed by atoms with Gasteiger partial charge in [0.25, 0.3) is 5.91 Å². The van der Waals surface area contributed by atoms with Crippen molar-refractivity contribution in [3.8, 4) is 0 Å². The van der Waals surface area contributed by atoms with E-state index in [1.165, 1.54) is 39.2 Å². The van der Waals surface area contributed by atoms with Gasteiger partial charge in [0.15, 0.2) is 6.10 Å². The van der Waals surface area contributed by atoms with Crippen LogP contribution >= 0.6 is 0 Å². The van der Waals surface area contributed by atoms with Gasteiger partial charge in [0.05, 0.1) is 4.90 Å². The Morgan fingerprint density at radius 2 is 1.95 bits per heavy atom. The fourth-order valence-electron chi connectivity index (χ4n) is 1.52. The minimum Gasteiger partial charge on any atom is -0.453 e. The first-order valence-corrected chi connectivity index (χ1v) is 8.15. The Kier molecular flexibility index (Phi) is 6.07. The Hall–Kier alpha value is -1.93. The third-order valence-electron chi connectivity index (χ3n) is 2.85. The topological polar surface area (TPSA) is 92.8 Å². The number of nitrogens with zero attached hydrogens (tertiary/aromatic N) is 1. The minimum absolute atomic E-state index is 0.0634. The van der Waals surface area contributed by atoms with Crippen LogP contribution in [0.5, 0.6) is 0 Å². The number of benzene rings is 1. The maximum atomic E-state index is 12.0. The molecule has 0 spiro atoms. The standard InChI is InChI=1S/C14H20N2O5S/c1-5-13(17)21-10(2)14(18)15-11-7-6-8-12(9-11)22(19,20)16(3)4/h6-10H,5H2,1-4H3,(H,15,18)/t10-/m0/s1. The van der Waals surface area contributed by atoms with Crippen molar-refractivity contribution < 1.29 is 22.7 Å². The molecule has 0 bridgehead atoms. The summed E-state index contributed by atoms with van der Waals surface area (Å²) in [5, 5.41) is 2.52. The number of carbonyl (C=O) groups excluding carboxylic acids is 2. The van der Waals surface area contributed by atoms with Gasteiger partial charge < -0.3 is 10.1 Å². The predicted octanol–water partition coefficient (Wildman–Crippen LogP) is 1.22. The molecular formula is C14H20N2O5S. The van der Waals surface area contributed by atoms with Crippen LogP contribution in [0.3, 0.4) is 0 Å². The summed E-state index contributed by atoms with van der Waals surface area (Å²) in [5.41, 5.74) is 0.312. The smallest absolute Gasteiger partial charge is 0.306 e. The van der Waals surface area contributed by atoms with E-state index in [0.717, 1.165) is 4.31 Å². The summed E-state index contributed by atoms with van der Waals surface area (Å²) in [6.07, 6.45) is -0.782. The summed E-state index contributed by atoms with van der Waals surface area (Å²) in [4.78, 5) is 23.1. The largest absolute Gasteiger partial charge is 0.453 e. The molecule has 8 heteroatoms. The predicted molar refractivity (Wildman–Crippen MR) is 81.8 cm³/mol. The van der Waals surface area contributed by atoms with Gasteiger partial charge in [0.1, 0.15) is 0 Å². The number of esters is 1. The molecule has 1 aromatic rings. The van der Waals surface area contributed by atoms with Crippen molar-refractivity contribution in [2.24, 2.45) is 0 Å². The number of hydrogen-bond acceptors (Lipinski definition) is 5. The maximum Gasteiger partial charge on any atom is 0.306 e. The number of sulfonamides is 1. The Morgan fingerprint density at radius 1 is 1.32 bits per heavy atom. The highest BCUT2D eigenvalue weighted by molar-refractivity contribution is 7.89. The van der Waals surface area contributed by atoms with Crippen LogP contribution in [0.15, 0.2) is 29.2 Å². The lowest BCUT2D eigenvalue weighted by Crippen LogP contribution is -2.30. The molecule has 7 nitrogen and oxygen atoms in total. The van der Waals surface area contributed by atoms with Crippen LogP contribution < -0.4 is 5.32 Å². The van der Waals surface area contributed by atoms with Gasteiger partial charge in [-0.15, -0.1) is 0 Å². The Morgan fingerprint density at radius 3 is 2.50 bits per heavy atom. The molecule has 0 radical (unpaired) electrons. The summed E-state index contributed by atoms with van der Waals surface area (Å²) < 4.78 is 30.0. The van der Waals surface area contributed by atoms with Crippen LogP contribution in [0.1, 0.15) is 20.3 Å². The van der Waals surface area contributed by atoms with Gasteiger partial charge in [0.2, 0.25) is 10.0 Å². The zero-order valence-corrected chi connectivity index (χ0v) is 13.8.